The average Bonchev–Trinajstić information content (AvgIpc) is 3.14. The Balaban J connectivity index is 1.63. The summed E-state index contributed by atoms with van der Waals surface area (Å²) in [6, 6.07) is 11.6. The molecule has 0 bridgehead atoms. The number of hydrogen-bond acceptors (Lipinski definition) is 5. The summed E-state index contributed by atoms with van der Waals surface area (Å²) in [5, 5.41) is 0. The van der Waals surface area contributed by atoms with Crippen LogP contribution in [0, 0.1) is 6.92 Å². The predicted molar refractivity (Wildman–Crippen MR) is 104 cm³/mol. The zero-order valence-electron chi connectivity index (χ0n) is 16.0. The number of carbonyl (C=O) groups excluding carboxylic acids is 2. The van der Waals surface area contributed by atoms with E-state index < -0.39 is 5.97 Å². The van der Waals surface area contributed by atoms with Crippen LogP contribution in [0.4, 0.5) is 5.69 Å². The number of esters is 1. The number of carbonyl (C=O) groups is 2. The van der Waals surface area contributed by atoms with Gasteiger partial charge in [0, 0.05) is 36.0 Å². The van der Waals surface area contributed by atoms with Crippen molar-refractivity contribution in [2.75, 3.05) is 18.6 Å². The van der Waals surface area contributed by atoms with Crippen molar-refractivity contribution >= 4 is 23.5 Å². The number of furan rings is 1. The highest BCUT2D eigenvalue weighted by molar-refractivity contribution is 5.95. The van der Waals surface area contributed by atoms with Gasteiger partial charge in [0.2, 0.25) is 0 Å². The Kier molecular flexibility index (Phi) is 5.04. The number of nitrogens with zero attached hydrogens (tertiary/aromatic N) is 1. The molecule has 0 fully saturated rings. The topological polar surface area (TPSA) is 59.8 Å². The van der Waals surface area contributed by atoms with E-state index in [1.165, 1.54) is 17.7 Å². The van der Waals surface area contributed by atoms with Crippen LogP contribution in [-0.2, 0) is 19.7 Å². The smallest absolute Gasteiger partial charge is 0.331 e. The number of ketones is 1. The minimum absolute atomic E-state index is 0.256. The van der Waals surface area contributed by atoms with E-state index in [0.29, 0.717) is 5.76 Å². The first-order chi connectivity index (χ1) is 12.8. The molecule has 27 heavy (non-hydrogen) atoms. The zero-order chi connectivity index (χ0) is 19.6. The molecule has 0 amide bonds. The molecule has 1 aliphatic heterocycles. The maximum atomic E-state index is 12.3. The third kappa shape index (κ3) is 3.87. The number of likely N-dealkylation sites (N-methyl/N-ethyl adjacent to an activating group) is 1. The largest absolute Gasteiger partial charge is 0.462 e. The van der Waals surface area contributed by atoms with Crippen molar-refractivity contribution in [2.45, 2.75) is 26.2 Å². The molecule has 0 aliphatic carbocycles. The van der Waals surface area contributed by atoms with Crippen LogP contribution in [0.3, 0.4) is 0 Å². The standard InChI is InChI=1S/C22H23NO4/c1-15-9-10-17(27-15)11-12-21(25)26-14-16(24)13-20-22(2,3)18-7-5-6-8-19(18)23(20)4/h5-13H,14H2,1-4H3. The van der Waals surface area contributed by atoms with Crippen LogP contribution in [0.5, 0.6) is 0 Å². The van der Waals surface area contributed by atoms with Gasteiger partial charge in [0.1, 0.15) is 11.5 Å². The van der Waals surface area contributed by atoms with Gasteiger partial charge in [0.05, 0.1) is 0 Å². The van der Waals surface area contributed by atoms with Crippen LogP contribution >= 0.6 is 0 Å². The molecular formula is C22H23NO4. The van der Waals surface area contributed by atoms with Crippen molar-refractivity contribution < 1.29 is 18.7 Å². The highest BCUT2D eigenvalue weighted by Gasteiger charge is 2.38. The molecule has 0 spiro atoms. The van der Waals surface area contributed by atoms with E-state index in [1.807, 2.05) is 37.1 Å². The van der Waals surface area contributed by atoms with Crippen molar-refractivity contribution in [3.63, 3.8) is 0 Å². The lowest BCUT2D eigenvalue weighted by atomic mass is 9.83. The number of fused-ring (bicyclic) bond motifs is 1. The quantitative estimate of drug-likeness (QED) is 0.591. The van der Waals surface area contributed by atoms with E-state index in [2.05, 4.69) is 19.9 Å². The molecule has 0 N–H and O–H groups in total. The Hall–Kier alpha value is -3.08. The summed E-state index contributed by atoms with van der Waals surface area (Å²) in [6.07, 6.45) is 4.33. The summed E-state index contributed by atoms with van der Waals surface area (Å²) in [6.45, 7) is 5.68. The van der Waals surface area contributed by atoms with E-state index >= 15 is 0 Å². The fourth-order valence-corrected chi connectivity index (χ4v) is 3.34. The van der Waals surface area contributed by atoms with Gasteiger partial charge >= 0.3 is 5.97 Å². The molecule has 140 valence electrons. The lowest BCUT2D eigenvalue weighted by molar-refractivity contribution is -0.141. The molecule has 2 heterocycles. The summed E-state index contributed by atoms with van der Waals surface area (Å²) in [5.74, 6) is 0.477. The Morgan fingerprint density at radius 1 is 1.19 bits per heavy atom. The maximum absolute atomic E-state index is 12.3. The fraction of sp³-hybridized carbons (Fsp3) is 0.273. The van der Waals surface area contributed by atoms with Crippen molar-refractivity contribution in [3.05, 3.63) is 71.3 Å². The number of rotatable bonds is 5. The van der Waals surface area contributed by atoms with E-state index in [1.54, 1.807) is 18.2 Å². The highest BCUT2D eigenvalue weighted by atomic mass is 16.5. The van der Waals surface area contributed by atoms with Gasteiger partial charge in [-0.1, -0.05) is 32.0 Å². The predicted octanol–water partition coefficient (Wildman–Crippen LogP) is 4.03. The van der Waals surface area contributed by atoms with Crippen molar-refractivity contribution in [1.29, 1.82) is 0 Å². The first-order valence-electron chi connectivity index (χ1n) is 8.78. The Morgan fingerprint density at radius 2 is 1.93 bits per heavy atom. The SMILES string of the molecule is Cc1ccc(C=CC(=O)OCC(=O)C=C2N(C)c3ccccc3C2(C)C)o1. The summed E-state index contributed by atoms with van der Waals surface area (Å²) in [7, 11) is 1.94. The molecule has 0 atom stereocenters. The third-order valence-corrected chi connectivity index (χ3v) is 4.74. The molecule has 3 rings (SSSR count). The Bertz CT molecular complexity index is 933. The van der Waals surface area contributed by atoms with Crippen LogP contribution in [-0.4, -0.2) is 25.4 Å². The molecule has 0 radical (unpaired) electrons. The molecule has 1 aromatic carbocycles. The number of benzene rings is 1. The van der Waals surface area contributed by atoms with Crippen molar-refractivity contribution in [3.8, 4) is 0 Å². The lowest BCUT2D eigenvalue weighted by Gasteiger charge is -2.23. The molecule has 0 saturated carbocycles. The molecule has 5 nitrogen and oxygen atoms in total. The maximum Gasteiger partial charge on any atom is 0.331 e. The van der Waals surface area contributed by atoms with Gasteiger partial charge in [-0.3, -0.25) is 4.79 Å². The second kappa shape index (κ2) is 7.27. The first-order valence-corrected chi connectivity index (χ1v) is 8.78. The normalized spacial score (nSPS) is 16.7. The summed E-state index contributed by atoms with van der Waals surface area (Å²) >= 11 is 0. The van der Waals surface area contributed by atoms with Crippen molar-refractivity contribution in [1.82, 2.24) is 0 Å². The second-order valence-corrected chi connectivity index (χ2v) is 7.09. The van der Waals surface area contributed by atoms with E-state index in [-0.39, 0.29) is 17.8 Å². The van der Waals surface area contributed by atoms with Gasteiger partial charge in [-0.2, -0.15) is 0 Å². The van der Waals surface area contributed by atoms with Crippen LogP contribution in [0.25, 0.3) is 6.08 Å². The molecule has 5 heteroatoms. The average molecular weight is 365 g/mol. The Labute approximate surface area is 158 Å². The summed E-state index contributed by atoms with van der Waals surface area (Å²) in [4.78, 5) is 26.2. The second-order valence-electron chi connectivity index (χ2n) is 7.09. The zero-order valence-corrected chi connectivity index (χ0v) is 16.0. The van der Waals surface area contributed by atoms with Crippen molar-refractivity contribution in [2.24, 2.45) is 0 Å². The van der Waals surface area contributed by atoms with Gasteiger partial charge in [-0.05, 0) is 36.8 Å². The summed E-state index contributed by atoms with van der Waals surface area (Å²) < 4.78 is 10.4. The van der Waals surface area contributed by atoms with Gasteiger partial charge in [0.15, 0.2) is 12.4 Å². The number of para-hydroxylation sites is 1. The molecule has 1 aromatic heterocycles. The number of anilines is 1. The number of allylic oxidation sites excluding steroid dienone is 1. The molecular weight excluding hydrogens is 342 g/mol. The number of aryl methyl sites for hydroxylation is 1. The molecule has 1 aliphatic rings. The van der Waals surface area contributed by atoms with Crippen LogP contribution in [0.2, 0.25) is 0 Å². The fourth-order valence-electron chi connectivity index (χ4n) is 3.34. The molecule has 0 unspecified atom stereocenters. The van der Waals surface area contributed by atoms with Crippen LogP contribution in [0.15, 0.2) is 58.7 Å². The molecule has 0 saturated heterocycles. The molecule has 2 aromatic rings. The third-order valence-electron chi connectivity index (χ3n) is 4.74. The summed E-state index contributed by atoms with van der Waals surface area (Å²) in [5.41, 5.74) is 2.84. The number of hydrogen-bond donors (Lipinski definition) is 0. The van der Waals surface area contributed by atoms with E-state index in [4.69, 9.17) is 9.15 Å². The minimum Gasteiger partial charge on any atom is -0.462 e. The number of ether oxygens (including phenoxy) is 1. The van der Waals surface area contributed by atoms with Gasteiger partial charge in [-0.25, -0.2) is 4.79 Å². The minimum atomic E-state index is -0.585. The van der Waals surface area contributed by atoms with Gasteiger partial charge in [-0.15, -0.1) is 0 Å². The first kappa shape index (κ1) is 18.7. The Morgan fingerprint density at radius 3 is 2.59 bits per heavy atom. The van der Waals surface area contributed by atoms with Crippen LogP contribution in [0.1, 0.15) is 30.9 Å². The lowest BCUT2D eigenvalue weighted by Crippen LogP contribution is -2.25. The van der Waals surface area contributed by atoms with E-state index in [0.717, 1.165) is 17.1 Å². The van der Waals surface area contributed by atoms with Crippen LogP contribution < -0.4 is 4.90 Å². The van der Waals surface area contributed by atoms with Gasteiger partial charge in [0.25, 0.3) is 0 Å². The van der Waals surface area contributed by atoms with E-state index in [9.17, 15) is 9.59 Å². The van der Waals surface area contributed by atoms with Gasteiger partial charge < -0.3 is 14.1 Å². The monoisotopic (exact) mass is 365 g/mol. The highest BCUT2D eigenvalue weighted by Crippen LogP contribution is 2.46.